The van der Waals surface area contributed by atoms with Crippen LogP contribution in [0.4, 0.5) is 0 Å². The number of primary amides is 1. The molecule has 4 heteroatoms. The Labute approximate surface area is 72.9 Å². The van der Waals surface area contributed by atoms with E-state index in [9.17, 15) is 4.79 Å². The van der Waals surface area contributed by atoms with Gasteiger partial charge in [0.25, 0.3) is 0 Å². The Morgan fingerprint density at radius 1 is 1.75 bits per heavy atom. The van der Waals surface area contributed by atoms with Crippen LogP contribution < -0.4 is 5.73 Å². The van der Waals surface area contributed by atoms with Gasteiger partial charge in [-0.05, 0) is 6.54 Å². The Morgan fingerprint density at radius 2 is 2.33 bits per heavy atom. The van der Waals surface area contributed by atoms with Gasteiger partial charge in [0.2, 0.25) is 5.91 Å². The third-order valence-corrected chi connectivity index (χ3v) is 1.76. The van der Waals surface area contributed by atoms with Crippen LogP contribution in [0.1, 0.15) is 13.8 Å². The first kappa shape index (κ1) is 10.9. The van der Waals surface area contributed by atoms with Crippen LogP contribution in [-0.4, -0.2) is 30.4 Å². The highest BCUT2D eigenvalue weighted by atomic mass is 16.1. The highest BCUT2D eigenvalue weighted by Gasteiger charge is 2.12. The molecule has 0 aliphatic heterocycles. The molecule has 1 atom stereocenters. The van der Waals surface area contributed by atoms with Gasteiger partial charge in [0, 0.05) is 12.5 Å². The molecule has 0 rings (SSSR count). The summed E-state index contributed by atoms with van der Waals surface area (Å²) in [6.45, 7) is 5.41. The van der Waals surface area contributed by atoms with Gasteiger partial charge in [-0.1, -0.05) is 13.8 Å². The minimum absolute atomic E-state index is 0.182. The number of carbonyl (C=O) groups is 1. The van der Waals surface area contributed by atoms with Crippen LogP contribution in [0.3, 0.4) is 0 Å². The molecule has 0 spiro atoms. The van der Waals surface area contributed by atoms with Crippen molar-refractivity contribution in [3.63, 3.8) is 0 Å². The summed E-state index contributed by atoms with van der Waals surface area (Å²) in [5.41, 5.74) is 5.09. The molecule has 0 aromatic rings. The van der Waals surface area contributed by atoms with Crippen molar-refractivity contribution in [2.24, 2.45) is 11.7 Å². The molecule has 0 radical (unpaired) electrons. The molecule has 0 fully saturated rings. The van der Waals surface area contributed by atoms with Crippen LogP contribution in [0.2, 0.25) is 0 Å². The van der Waals surface area contributed by atoms with Gasteiger partial charge < -0.3 is 5.73 Å². The molecule has 12 heavy (non-hydrogen) atoms. The molecule has 0 saturated heterocycles. The smallest absolute Gasteiger partial charge is 0.221 e. The molecule has 1 amide bonds. The van der Waals surface area contributed by atoms with E-state index in [4.69, 9.17) is 11.0 Å². The first-order valence-corrected chi connectivity index (χ1v) is 4.00. The van der Waals surface area contributed by atoms with E-state index in [0.717, 1.165) is 6.54 Å². The topological polar surface area (TPSA) is 70.1 Å². The monoisotopic (exact) mass is 169 g/mol. The Balaban J connectivity index is 3.86. The van der Waals surface area contributed by atoms with Gasteiger partial charge in [-0.2, -0.15) is 5.26 Å². The Bertz CT molecular complexity index is 185. The first-order chi connectivity index (χ1) is 5.61. The van der Waals surface area contributed by atoms with Crippen molar-refractivity contribution in [2.45, 2.75) is 13.8 Å². The van der Waals surface area contributed by atoms with E-state index in [-0.39, 0.29) is 11.8 Å². The molecule has 4 nitrogen and oxygen atoms in total. The van der Waals surface area contributed by atoms with Crippen LogP contribution in [0.5, 0.6) is 0 Å². The highest BCUT2D eigenvalue weighted by molar-refractivity contribution is 5.76. The van der Waals surface area contributed by atoms with Gasteiger partial charge in [0.15, 0.2) is 0 Å². The summed E-state index contributed by atoms with van der Waals surface area (Å²) in [6.07, 6.45) is 0. The number of rotatable bonds is 5. The van der Waals surface area contributed by atoms with E-state index in [0.29, 0.717) is 13.1 Å². The molecule has 0 aliphatic rings. The summed E-state index contributed by atoms with van der Waals surface area (Å²) in [5.74, 6) is -0.496. The average Bonchev–Trinajstić information content (AvgIpc) is 2.03. The third-order valence-electron chi connectivity index (χ3n) is 1.76. The van der Waals surface area contributed by atoms with Gasteiger partial charge in [-0.3, -0.25) is 9.69 Å². The fourth-order valence-electron chi connectivity index (χ4n) is 0.883. The Hall–Kier alpha value is -1.08. The molecular weight excluding hydrogens is 154 g/mol. The van der Waals surface area contributed by atoms with Crippen molar-refractivity contribution >= 4 is 5.91 Å². The number of carbonyl (C=O) groups excluding carboxylic acids is 1. The average molecular weight is 169 g/mol. The van der Waals surface area contributed by atoms with Gasteiger partial charge in [-0.15, -0.1) is 0 Å². The summed E-state index contributed by atoms with van der Waals surface area (Å²) in [7, 11) is 0. The second-order valence-electron chi connectivity index (χ2n) is 2.79. The first-order valence-electron chi connectivity index (χ1n) is 4.00. The standard InChI is InChI=1S/C8H15N3O/c1-3-11(5-4-9)6-7(2)8(10)12/h7H,3,5-6H2,1-2H3,(H2,10,12). The van der Waals surface area contributed by atoms with Crippen molar-refractivity contribution in [2.75, 3.05) is 19.6 Å². The molecule has 0 bridgehead atoms. The van der Waals surface area contributed by atoms with Crippen LogP contribution in [0.25, 0.3) is 0 Å². The minimum atomic E-state index is -0.314. The SMILES string of the molecule is CCN(CC#N)CC(C)C(N)=O. The maximum atomic E-state index is 10.7. The third kappa shape index (κ3) is 3.94. The van der Waals surface area contributed by atoms with E-state index in [2.05, 4.69) is 0 Å². The lowest BCUT2D eigenvalue weighted by Crippen LogP contribution is -2.34. The van der Waals surface area contributed by atoms with Gasteiger partial charge in [-0.25, -0.2) is 0 Å². The quantitative estimate of drug-likeness (QED) is 0.587. The summed E-state index contributed by atoms with van der Waals surface area (Å²) in [4.78, 5) is 12.6. The molecule has 0 heterocycles. The zero-order valence-corrected chi connectivity index (χ0v) is 7.58. The number of nitrogens with two attached hydrogens (primary N) is 1. The molecular formula is C8H15N3O. The number of hydrogen-bond donors (Lipinski definition) is 1. The zero-order valence-electron chi connectivity index (χ0n) is 7.58. The number of nitriles is 1. The van der Waals surface area contributed by atoms with Gasteiger partial charge in [0.05, 0.1) is 12.6 Å². The lowest BCUT2D eigenvalue weighted by molar-refractivity contribution is -0.121. The van der Waals surface area contributed by atoms with Crippen LogP contribution >= 0.6 is 0 Å². The van der Waals surface area contributed by atoms with Gasteiger partial charge in [0.1, 0.15) is 0 Å². The van der Waals surface area contributed by atoms with Crippen LogP contribution in [0, 0.1) is 17.2 Å². The predicted molar refractivity (Wildman–Crippen MR) is 46.1 cm³/mol. The molecule has 0 saturated carbocycles. The molecule has 1 unspecified atom stereocenters. The van der Waals surface area contributed by atoms with Crippen molar-refractivity contribution in [3.8, 4) is 6.07 Å². The lowest BCUT2D eigenvalue weighted by atomic mass is 10.1. The zero-order chi connectivity index (χ0) is 9.56. The maximum Gasteiger partial charge on any atom is 0.221 e. The van der Waals surface area contributed by atoms with Crippen molar-refractivity contribution in [3.05, 3.63) is 0 Å². The Morgan fingerprint density at radius 3 is 2.67 bits per heavy atom. The van der Waals surface area contributed by atoms with Gasteiger partial charge >= 0.3 is 0 Å². The summed E-state index contributed by atoms with van der Waals surface area (Å²) in [5, 5.41) is 8.41. The molecule has 2 N–H and O–H groups in total. The molecule has 68 valence electrons. The number of nitrogens with zero attached hydrogens (tertiary/aromatic N) is 2. The second-order valence-corrected chi connectivity index (χ2v) is 2.79. The van der Waals surface area contributed by atoms with Crippen LogP contribution in [0.15, 0.2) is 0 Å². The highest BCUT2D eigenvalue weighted by Crippen LogP contribution is 1.97. The summed E-state index contributed by atoms with van der Waals surface area (Å²) < 4.78 is 0. The summed E-state index contributed by atoms with van der Waals surface area (Å²) in [6, 6.07) is 2.04. The molecule has 0 aliphatic carbocycles. The van der Waals surface area contributed by atoms with Crippen molar-refractivity contribution < 1.29 is 4.79 Å². The van der Waals surface area contributed by atoms with E-state index in [1.54, 1.807) is 6.92 Å². The Kier molecular flexibility index (Phi) is 5.06. The van der Waals surface area contributed by atoms with E-state index in [1.807, 2.05) is 17.9 Å². The minimum Gasteiger partial charge on any atom is -0.369 e. The van der Waals surface area contributed by atoms with Crippen molar-refractivity contribution in [1.29, 1.82) is 5.26 Å². The van der Waals surface area contributed by atoms with Crippen LogP contribution in [-0.2, 0) is 4.79 Å². The largest absolute Gasteiger partial charge is 0.369 e. The maximum absolute atomic E-state index is 10.7. The fraction of sp³-hybridized carbons (Fsp3) is 0.750. The number of hydrogen-bond acceptors (Lipinski definition) is 3. The molecule has 0 aromatic heterocycles. The fourth-order valence-corrected chi connectivity index (χ4v) is 0.883. The summed E-state index contributed by atoms with van der Waals surface area (Å²) >= 11 is 0. The lowest BCUT2D eigenvalue weighted by Gasteiger charge is -2.19. The molecule has 0 aromatic carbocycles. The predicted octanol–water partition coefficient (Wildman–Crippen LogP) is -0.0467. The van der Waals surface area contributed by atoms with E-state index >= 15 is 0 Å². The van der Waals surface area contributed by atoms with E-state index < -0.39 is 0 Å². The second kappa shape index (κ2) is 5.56. The normalized spacial score (nSPS) is 12.5. The number of amides is 1. The van der Waals surface area contributed by atoms with Crippen molar-refractivity contribution in [1.82, 2.24) is 4.90 Å². The van der Waals surface area contributed by atoms with E-state index in [1.165, 1.54) is 0 Å².